The van der Waals surface area contributed by atoms with Crippen LogP contribution in [-0.4, -0.2) is 29.6 Å². The minimum Gasteiger partial charge on any atom is -0.329 e. The summed E-state index contributed by atoms with van der Waals surface area (Å²) >= 11 is 0. The summed E-state index contributed by atoms with van der Waals surface area (Å²) in [5.41, 5.74) is 8.86. The lowest BCUT2D eigenvalue weighted by molar-refractivity contribution is 0.242. The molecule has 3 nitrogen and oxygen atoms in total. The summed E-state index contributed by atoms with van der Waals surface area (Å²) < 4.78 is 0. The van der Waals surface area contributed by atoms with Crippen molar-refractivity contribution in [3.05, 3.63) is 71.8 Å². The Morgan fingerprint density at radius 2 is 1.65 bits per heavy atom. The van der Waals surface area contributed by atoms with Crippen molar-refractivity contribution in [2.45, 2.75) is 38.0 Å². The topological polar surface area (TPSA) is 41.3 Å². The normalized spacial score (nSPS) is 24.9. The molecule has 1 fully saturated rings. The van der Waals surface area contributed by atoms with Gasteiger partial charge in [0.15, 0.2) is 0 Å². The van der Waals surface area contributed by atoms with E-state index < -0.39 is 0 Å². The number of nitrogens with two attached hydrogens (primary N) is 1. The maximum atomic E-state index is 6.16. The van der Waals surface area contributed by atoms with Crippen LogP contribution < -0.4 is 11.1 Å². The van der Waals surface area contributed by atoms with Crippen molar-refractivity contribution in [1.82, 2.24) is 10.2 Å². The third-order valence-electron chi connectivity index (χ3n) is 4.94. The first kappa shape index (κ1) is 16.2. The highest BCUT2D eigenvalue weighted by atomic mass is 15.2. The van der Waals surface area contributed by atoms with E-state index >= 15 is 0 Å². The number of rotatable bonds is 6. The highest BCUT2D eigenvalue weighted by Crippen LogP contribution is 2.28. The fourth-order valence-corrected chi connectivity index (χ4v) is 3.57. The lowest BCUT2D eigenvalue weighted by Gasteiger charge is -2.29. The lowest BCUT2D eigenvalue weighted by Crippen LogP contribution is -2.52. The van der Waals surface area contributed by atoms with Gasteiger partial charge in [0, 0.05) is 37.8 Å². The highest BCUT2D eigenvalue weighted by molar-refractivity contribution is 5.17. The van der Waals surface area contributed by atoms with Crippen LogP contribution in [0.1, 0.15) is 24.5 Å². The Morgan fingerprint density at radius 1 is 1.04 bits per heavy atom. The third kappa shape index (κ3) is 3.99. The Hall–Kier alpha value is -1.68. The maximum Gasteiger partial charge on any atom is 0.0450 e. The van der Waals surface area contributed by atoms with Crippen molar-refractivity contribution in [2.24, 2.45) is 5.73 Å². The zero-order valence-corrected chi connectivity index (χ0v) is 13.9. The van der Waals surface area contributed by atoms with E-state index in [1.54, 1.807) is 0 Å². The highest BCUT2D eigenvalue weighted by Gasteiger charge is 2.40. The minimum absolute atomic E-state index is 0.0179. The molecule has 0 amide bonds. The van der Waals surface area contributed by atoms with E-state index in [0.29, 0.717) is 12.6 Å². The molecule has 23 heavy (non-hydrogen) atoms. The SMILES string of the molecule is CC1CC(CN)(NCc2ccccc2)CN1Cc1ccccc1. The number of benzene rings is 2. The Morgan fingerprint density at radius 3 is 2.26 bits per heavy atom. The third-order valence-corrected chi connectivity index (χ3v) is 4.94. The van der Waals surface area contributed by atoms with Crippen LogP contribution in [0.3, 0.4) is 0 Å². The molecule has 3 rings (SSSR count). The Balaban J connectivity index is 1.64. The molecule has 122 valence electrons. The second-order valence-electron chi connectivity index (χ2n) is 6.77. The molecule has 1 aliphatic rings. The zero-order valence-electron chi connectivity index (χ0n) is 13.9. The molecule has 0 bridgehead atoms. The van der Waals surface area contributed by atoms with Crippen LogP contribution in [0.5, 0.6) is 0 Å². The summed E-state index contributed by atoms with van der Waals surface area (Å²) in [6.45, 7) is 5.87. The molecule has 0 aromatic heterocycles. The summed E-state index contributed by atoms with van der Waals surface area (Å²) in [5, 5.41) is 3.74. The molecule has 1 aliphatic heterocycles. The molecule has 0 spiro atoms. The molecule has 0 saturated carbocycles. The molecule has 0 radical (unpaired) electrons. The molecule has 3 heteroatoms. The van der Waals surface area contributed by atoms with Gasteiger partial charge in [-0.15, -0.1) is 0 Å². The Labute approximate surface area is 139 Å². The average Bonchev–Trinajstić information content (AvgIpc) is 2.91. The van der Waals surface area contributed by atoms with E-state index in [4.69, 9.17) is 5.73 Å². The number of hydrogen-bond donors (Lipinski definition) is 2. The molecule has 2 unspecified atom stereocenters. The average molecular weight is 309 g/mol. The Kier molecular flexibility index (Phi) is 5.11. The van der Waals surface area contributed by atoms with Gasteiger partial charge in [-0.25, -0.2) is 0 Å². The van der Waals surface area contributed by atoms with Crippen LogP contribution in [0.4, 0.5) is 0 Å². The van der Waals surface area contributed by atoms with E-state index in [-0.39, 0.29) is 5.54 Å². The number of nitrogens with zero attached hydrogens (tertiary/aromatic N) is 1. The summed E-state index contributed by atoms with van der Waals surface area (Å²) in [7, 11) is 0. The molecule has 0 aliphatic carbocycles. The predicted octanol–water partition coefficient (Wildman–Crippen LogP) is 2.77. The molecular formula is C20H27N3. The molecule has 2 aromatic rings. The van der Waals surface area contributed by atoms with Gasteiger partial charge in [0.1, 0.15) is 0 Å². The second kappa shape index (κ2) is 7.26. The second-order valence-corrected chi connectivity index (χ2v) is 6.77. The molecular weight excluding hydrogens is 282 g/mol. The monoisotopic (exact) mass is 309 g/mol. The summed E-state index contributed by atoms with van der Waals surface area (Å²) in [6.07, 6.45) is 1.10. The van der Waals surface area contributed by atoms with Crippen LogP contribution in [0.25, 0.3) is 0 Å². The number of likely N-dealkylation sites (tertiary alicyclic amines) is 1. The van der Waals surface area contributed by atoms with E-state index in [2.05, 4.69) is 77.8 Å². The van der Waals surface area contributed by atoms with Crippen molar-refractivity contribution >= 4 is 0 Å². The summed E-state index contributed by atoms with van der Waals surface area (Å²) in [6, 6.07) is 21.8. The smallest absolute Gasteiger partial charge is 0.0450 e. The number of nitrogens with one attached hydrogen (secondary N) is 1. The first-order valence-corrected chi connectivity index (χ1v) is 8.48. The lowest BCUT2D eigenvalue weighted by atomic mass is 9.96. The fourth-order valence-electron chi connectivity index (χ4n) is 3.57. The largest absolute Gasteiger partial charge is 0.329 e. The standard InChI is InChI=1S/C20H27N3/c1-17-12-20(15-21,22-13-18-8-4-2-5-9-18)16-23(17)14-19-10-6-3-7-11-19/h2-11,17,22H,12-16,21H2,1H3. The maximum absolute atomic E-state index is 6.16. The molecule has 1 saturated heterocycles. The van der Waals surface area contributed by atoms with Crippen molar-refractivity contribution in [3.63, 3.8) is 0 Å². The number of hydrogen-bond acceptors (Lipinski definition) is 3. The predicted molar refractivity (Wildman–Crippen MR) is 96.0 cm³/mol. The molecule has 2 atom stereocenters. The summed E-state index contributed by atoms with van der Waals surface area (Å²) in [4.78, 5) is 2.54. The van der Waals surface area contributed by atoms with Crippen molar-refractivity contribution < 1.29 is 0 Å². The van der Waals surface area contributed by atoms with Gasteiger partial charge in [-0.05, 0) is 24.5 Å². The van der Waals surface area contributed by atoms with Gasteiger partial charge in [0.05, 0.1) is 0 Å². The summed E-state index contributed by atoms with van der Waals surface area (Å²) in [5.74, 6) is 0. The van der Waals surface area contributed by atoms with Gasteiger partial charge in [0.25, 0.3) is 0 Å². The van der Waals surface area contributed by atoms with E-state index in [9.17, 15) is 0 Å². The van der Waals surface area contributed by atoms with Gasteiger partial charge < -0.3 is 11.1 Å². The van der Waals surface area contributed by atoms with Crippen LogP contribution in [0.2, 0.25) is 0 Å². The minimum atomic E-state index is 0.0179. The Bertz CT molecular complexity index is 599. The fraction of sp³-hybridized carbons (Fsp3) is 0.400. The van der Waals surface area contributed by atoms with Gasteiger partial charge >= 0.3 is 0 Å². The van der Waals surface area contributed by atoms with Crippen LogP contribution in [0.15, 0.2) is 60.7 Å². The van der Waals surface area contributed by atoms with Crippen molar-refractivity contribution in [3.8, 4) is 0 Å². The van der Waals surface area contributed by atoms with Gasteiger partial charge in [0.2, 0.25) is 0 Å². The van der Waals surface area contributed by atoms with Crippen molar-refractivity contribution in [2.75, 3.05) is 13.1 Å². The first-order valence-electron chi connectivity index (χ1n) is 8.48. The van der Waals surface area contributed by atoms with Crippen molar-refractivity contribution in [1.29, 1.82) is 0 Å². The molecule has 2 aromatic carbocycles. The van der Waals surface area contributed by atoms with Gasteiger partial charge in [-0.3, -0.25) is 4.90 Å². The van der Waals surface area contributed by atoms with Gasteiger partial charge in [-0.2, -0.15) is 0 Å². The first-order chi connectivity index (χ1) is 11.2. The zero-order chi connectivity index (χ0) is 16.1. The van der Waals surface area contributed by atoms with E-state index in [1.807, 2.05) is 0 Å². The molecule has 1 heterocycles. The van der Waals surface area contributed by atoms with Crippen LogP contribution >= 0.6 is 0 Å². The van der Waals surface area contributed by atoms with E-state index in [1.165, 1.54) is 11.1 Å². The van der Waals surface area contributed by atoms with Gasteiger partial charge in [-0.1, -0.05) is 60.7 Å². The van der Waals surface area contributed by atoms with Crippen LogP contribution in [0, 0.1) is 0 Å². The quantitative estimate of drug-likeness (QED) is 0.862. The molecule has 3 N–H and O–H groups in total. The van der Waals surface area contributed by atoms with Crippen LogP contribution in [-0.2, 0) is 13.1 Å². The van der Waals surface area contributed by atoms with E-state index in [0.717, 1.165) is 26.1 Å².